The van der Waals surface area contributed by atoms with Crippen LogP contribution in [-0.2, 0) is 4.79 Å². The van der Waals surface area contributed by atoms with Crippen LogP contribution in [0.5, 0.6) is 5.75 Å². The number of ether oxygens (including phenoxy) is 1. The van der Waals surface area contributed by atoms with Crippen LogP contribution in [0.3, 0.4) is 0 Å². The number of nitrogens with zero attached hydrogens (tertiary/aromatic N) is 1. The Labute approximate surface area is 193 Å². The fourth-order valence-electron chi connectivity index (χ4n) is 3.93. The second-order valence-electron chi connectivity index (χ2n) is 7.94. The van der Waals surface area contributed by atoms with Crippen LogP contribution in [0.2, 0.25) is 5.02 Å². The van der Waals surface area contributed by atoms with Crippen LogP contribution in [0.25, 0.3) is 0 Å². The van der Waals surface area contributed by atoms with Crippen LogP contribution in [0.1, 0.15) is 33.8 Å². The van der Waals surface area contributed by atoms with Gasteiger partial charge < -0.3 is 15.0 Å². The van der Waals surface area contributed by atoms with E-state index in [-0.39, 0.29) is 18.4 Å². The van der Waals surface area contributed by atoms with Gasteiger partial charge in [0, 0.05) is 24.0 Å². The lowest BCUT2D eigenvalue weighted by Crippen LogP contribution is -2.30. The molecule has 4 rings (SSSR count). The molecule has 3 aromatic rings. The predicted octanol–water partition coefficient (Wildman–Crippen LogP) is 5.30. The summed E-state index contributed by atoms with van der Waals surface area (Å²) in [6, 6.07) is 22.6. The summed E-state index contributed by atoms with van der Waals surface area (Å²) in [6.45, 7) is 3.07. The number of hydrogen-bond donors (Lipinski definition) is 1. The SMILES string of the molecule is Cc1cc(OCC(=O)Nc2ccccc2C(=O)N2CCC(c3ccccc3)C2)ccc1Cl. The monoisotopic (exact) mass is 448 g/mol. The van der Waals surface area contributed by atoms with Gasteiger partial charge in [-0.3, -0.25) is 9.59 Å². The molecule has 1 fully saturated rings. The first-order chi connectivity index (χ1) is 15.5. The number of benzene rings is 3. The molecule has 5 nitrogen and oxygen atoms in total. The second-order valence-corrected chi connectivity index (χ2v) is 8.35. The van der Waals surface area contributed by atoms with Gasteiger partial charge in [0.25, 0.3) is 11.8 Å². The number of anilines is 1. The zero-order valence-electron chi connectivity index (χ0n) is 17.9. The lowest BCUT2D eigenvalue weighted by molar-refractivity contribution is -0.118. The molecule has 6 heteroatoms. The van der Waals surface area contributed by atoms with E-state index in [1.165, 1.54) is 5.56 Å². The van der Waals surface area contributed by atoms with Gasteiger partial charge in [0.1, 0.15) is 5.75 Å². The van der Waals surface area contributed by atoms with Crippen LogP contribution >= 0.6 is 11.6 Å². The number of aryl methyl sites for hydroxylation is 1. The number of para-hydroxylation sites is 1. The number of carbonyl (C=O) groups excluding carboxylic acids is 2. The van der Waals surface area contributed by atoms with Crippen molar-refractivity contribution in [3.63, 3.8) is 0 Å². The first-order valence-electron chi connectivity index (χ1n) is 10.6. The highest BCUT2D eigenvalue weighted by Crippen LogP contribution is 2.29. The van der Waals surface area contributed by atoms with Crippen LogP contribution in [0.15, 0.2) is 72.8 Å². The van der Waals surface area contributed by atoms with Gasteiger partial charge in [-0.05, 0) is 54.8 Å². The zero-order valence-corrected chi connectivity index (χ0v) is 18.6. The first-order valence-corrected chi connectivity index (χ1v) is 11.0. The molecule has 0 bridgehead atoms. The highest BCUT2D eigenvalue weighted by Gasteiger charge is 2.29. The van der Waals surface area contributed by atoms with Gasteiger partial charge in [-0.2, -0.15) is 0 Å². The molecule has 1 saturated heterocycles. The summed E-state index contributed by atoms with van der Waals surface area (Å²) < 4.78 is 5.57. The summed E-state index contributed by atoms with van der Waals surface area (Å²) in [5, 5.41) is 3.46. The molecule has 1 aliphatic heterocycles. The van der Waals surface area contributed by atoms with E-state index in [0.717, 1.165) is 12.0 Å². The van der Waals surface area contributed by atoms with Crippen molar-refractivity contribution in [3.8, 4) is 5.75 Å². The summed E-state index contributed by atoms with van der Waals surface area (Å²) in [6.07, 6.45) is 0.929. The fourth-order valence-corrected chi connectivity index (χ4v) is 4.05. The van der Waals surface area contributed by atoms with Gasteiger partial charge in [-0.1, -0.05) is 54.1 Å². The van der Waals surface area contributed by atoms with Crippen molar-refractivity contribution >= 4 is 29.1 Å². The van der Waals surface area contributed by atoms with E-state index in [1.54, 1.807) is 42.5 Å². The van der Waals surface area contributed by atoms with Gasteiger partial charge in [-0.25, -0.2) is 0 Å². The average Bonchev–Trinajstić information content (AvgIpc) is 3.31. The summed E-state index contributed by atoms with van der Waals surface area (Å²) in [4.78, 5) is 27.5. The molecule has 0 saturated carbocycles. The molecule has 1 aliphatic rings. The van der Waals surface area contributed by atoms with E-state index in [1.807, 2.05) is 30.0 Å². The topological polar surface area (TPSA) is 58.6 Å². The zero-order chi connectivity index (χ0) is 22.5. The molecule has 1 N–H and O–H groups in total. The van der Waals surface area contributed by atoms with Crippen molar-refractivity contribution in [2.45, 2.75) is 19.3 Å². The highest BCUT2D eigenvalue weighted by molar-refractivity contribution is 6.31. The number of hydrogen-bond acceptors (Lipinski definition) is 3. The van der Waals surface area contributed by atoms with Gasteiger partial charge >= 0.3 is 0 Å². The van der Waals surface area contributed by atoms with Gasteiger partial charge in [0.2, 0.25) is 0 Å². The average molecular weight is 449 g/mol. The lowest BCUT2D eigenvalue weighted by atomic mass is 9.99. The minimum atomic E-state index is -0.332. The Morgan fingerprint density at radius 1 is 1.06 bits per heavy atom. The molecule has 1 heterocycles. The summed E-state index contributed by atoms with van der Waals surface area (Å²) >= 11 is 6.02. The molecule has 1 atom stereocenters. The summed E-state index contributed by atoms with van der Waals surface area (Å²) in [7, 11) is 0. The van der Waals surface area contributed by atoms with E-state index in [2.05, 4.69) is 17.4 Å². The summed E-state index contributed by atoms with van der Waals surface area (Å²) in [5.41, 5.74) is 3.09. The number of amides is 2. The first kappa shape index (κ1) is 21.9. The van der Waals surface area contributed by atoms with Crippen molar-refractivity contribution in [2.75, 3.05) is 25.0 Å². The minimum Gasteiger partial charge on any atom is -0.484 e. The largest absolute Gasteiger partial charge is 0.484 e. The van der Waals surface area contributed by atoms with Crippen molar-refractivity contribution in [1.82, 2.24) is 4.90 Å². The third-order valence-corrected chi connectivity index (χ3v) is 6.10. The van der Waals surface area contributed by atoms with Crippen LogP contribution in [0.4, 0.5) is 5.69 Å². The number of likely N-dealkylation sites (tertiary alicyclic amines) is 1. The Bertz CT molecular complexity index is 1120. The van der Waals surface area contributed by atoms with E-state index >= 15 is 0 Å². The third-order valence-electron chi connectivity index (χ3n) is 5.68. The fraction of sp³-hybridized carbons (Fsp3) is 0.231. The molecule has 0 spiro atoms. The molecule has 3 aromatic carbocycles. The number of carbonyl (C=O) groups is 2. The Morgan fingerprint density at radius 3 is 2.59 bits per heavy atom. The van der Waals surface area contributed by atoms with Crippen LogP contribution < -0.4 is 10.1 Å². The number of rotatable bonds is 6. The highest BCUT2D eigenvalue weighted by atomic mass is 35.5. The molecule has 0 radical (unpaired) electrons. The van der Waals surface area contributed by atoms with Crippen LogP contribution in [-0.4, -0.2) is 36.4 Å². The second kappa shape index (κ2) is 9.88. The van der Waals surface area contributed by atoms with Crippen molar-refractivity contribution < 1.29 is 14.3 Å². The molecule has 164 valence electrons. The number of nitrogens with one attached hydrogen (secondary N) is 1. The predicted molar refractivity (Wildman–Crippen MR) is 126 cm³/mol. The molecule has 1 unspecified atom stereocenters. The van der Waals surface area contributed by atoms with E-state index in [9.17, 15) is 9.59 Å². The lowest BCUT2D eigenvalue weighted by Gasteiger charge is -2.19. The number of halogens is 1. The molecular formula is C26H25ClN2O3. The van der Waals surface area contributed by atoms with E-state index < -0.39 is 0 Å². The van der Waals surface area contributed by atoms with E-state index in [4.69, 9.17) is 16.3 Å². The molecular weight excluding hydrogens is 424 g/mol. The van der Waals surface area contributed by atoms with Gasteiger partial charge in [0.15, 0.2) is 6.61 Å². The maximum absolute atomic E-state index is 13.2. The Morgan fingerprint density at radius 2 is 1.81 bits per heavy atom. The third kappa shape index (κ3) is 5.11. The van der Waals surface area contributed by atoms with Crippen LogP contribution in [0, 0.1) is 6.92 Å². The molecule has 0 aromatic heterocycles. The standard InChI is InChI=1S/C26H25ClN2O3/c1-18-15-21(11-12-23(18)27)32-17-25(30)28-24-10-6-5-9-22(24)26(31)29-14-13-20(16-29)19-7-3-2-4-8-19/h2-12,15,20H,13-14,16-17H2,1H3,(H,28,30). The van der Waals surface area contributed by atoms with Crippen molar-refractivity contribution in [3.05, 3.63) is 94.5 Å². The molecule has 32 heavy (non-hydrogen) atoms. The summed E-state index contributed by atoms with van der Waals surface area (Å²) in [5.74, 6) is 0.489. The molecule has 0 aliphatic carbocycles. The minimum absolute atomic E-state index is 0.0754. The Balaban J connectivity index is 1.39. The maximum Gasteiger partial charge on any atom is 0.262 e. The maximum atomic E-state index is 13.2. The Hall–Kier alpha value is -3.31. The van der Waals surface area contributed by atoms with Gasteiger partial charge in [-0.15, -0.1) is 0 Å². The quantitative estimate of drug-likeness (QED) is 0.557. The normalized spacial score (nSPS) is 15.4. The smallest absolute Gasteiger partial charge is 0.262 e. The van der Waals surface area contributed by atoms with Crippen molar-refractivity contribution in [1.29, 1.82) is 0 Å². The Kier molecular flexibility index (Phi) is 6.76. The van der Waals surface area contributed by atoms with E-state index in [0.29, 0.717) is 41.0 Å². The molecule has 2 amide bonds. The van der Waals surface area contributed by atoms with Gasteiger partial charge in [0.05, 0.1) is 11.3 Å². The van der Waals surface area contributed by atoms with Crippen molar-refractivity contribution in [2.24, 2.45) is 0 Å².